The van der Waals surface area contributed by atoms with Gasteiger partial charge in [-0.05, 0) is 102 Å². The van der Waals surface area contributed by atoms with Crippen molar-refractivity contribution in [3.63, 3.8) is 0 Å². The molecule has 0 aliphatic heterocycles. The summed E-state index contributed by atoms with van der Waals surface area (Å²) in [6, 6.07) is 17.0. The maximum Gasteiger partial charge on any atom is 0.0992 e. The molecule has 2 aromatic carbocycles. The Morgan fingerprint density at radius 2 is 1.07 bits per heavy atom. The molecule has 132 valence electrons. The van der Waals surface area contributed by atoms with Crippen molar-refractivity contribution in [3.05, 3.63) is 65.2 Å². The van der Waals surface area contributed by atoms with Crippen LogP contribution in [-0.2, 0) is 0 Å². The van der Waals surface area contributed by atoms with E-state index in [-0.39, 0.29) is 0 Å². The van der Waals surface area contributed by atoms with Crippen molar-refractivity contribution in [2.24, 2.45) is 0 Å². The summed E-state index contributed by atoms with van der Waals surface area (Å²) >= 11 is 0. The highest BCUT2D eigenvalue weighted by Gasteiger charge is 1.92. The summed E-state index contributed by atoms with van der Waals surface area (Å²) in [4.78, 5) is 2.03. The van der Waals surface area contributed by atoms with Gasteiger partial charge in [0.25, 0.3) is 0 Å². The van der Waals surface area contributed by atoms with E-state index in [9.17, 15) is 0 Å². The minimum absolute atomic E-state index is 0.563. The van der Waals surface area contributed by atoms with E-state index in [2.05, 4.69) is 77.1 Å². The summed E-state index contributed by atoms with van der Waals surface area (Å²) in [6.45, 7) is 0. The molecular formula is C27H14N2. The van der Waals surface area contributed by atoms with Crippen LogP contribution in [-0.4, -0.2) is 14.1 Å². The van der Waals surface area contributed by atoms with Gasteiger partial charge < -0.3 is 4.90 Å². The molecule has 0 unspecified atom stereocenters. The number of rotatable bonds is 1. The standard InChI is InChI=1S/C27H14N2/c1-29(2)27-20-18-24(19-21-27)14-11-9-7-5-3-4-6-8-10-12-15-25-16-13-17-26(22-25)23-28/h13,16-22H,1-2H3. The Morgan fingerprint density at radius 3 is 1.59 bits per heavy atom. The van der Waals surface area contributed by atoms with Gasteiger partial charge in [-0.2, -0.15) is 5.26 Å². The van der Waals surface area contributed by atoms with Crippen LogP contribution >= 0.6 is 0 Å². The van der Waals surface area contributed by atoms with E-state index in [1.54, 1.807) is 18.2 Å². The summed E-state index contributed by atoms with van der Waals surface area (Å²) in [5.41, 5.74) is 3.31. The van der Waals surface area contributed by atoms with Gasteiger partial charge in [-0.25, -0.2) is 0 Å². The average Bonchev–Trinajstić information content (AvgIpc) is 2.75. The molecule has 0 heterocycles. The summed E-state index contributed by atoms with van der Waals surface area (Å²) in [6.07, 6.45) is 0. The molecule has 0 spiro atoms. The highest BCUT2D eigenvalue weighted by molar-refractivity contribution is 5.51. The molecule has 29 heavy (non-hydrogen) atoms. The first kappa shape index (κ1) is 20.4. The largest absolute Gasteiger partial charge is 0.378 e. The van der Waals surface area contributed by atoms with E-state index in [1.807, 2.05) is 49.3 Å². The number of nitrogens with zero attached hydrogens (tertiary/aromatic N) is 2. The molecule has 0 atom stereocenters. The summed E-state index contributed by atoms with van der Waals surface area (Å²) in [7, 11) is 3.98. The molecule has 0 N–H and O–H groups in total. The fourth-order valence-electron chi connectivity index (χ4n) is 1.97. The molecule has 2 heteroatoms. The van der Waals surface area contributed by atoms with Crippen LogP contribution < -0.4 is 4.90 Å². The lowest BCUT2D eigenvalue weighted by molar-refractivity contribution is 1.13. The third-order valence-corrected chi connectivity index (χ3v) is 3.35. The lowest BCUT2D eigenvalue weighted by Gasteiger charge is -2.11. The maximum atomic E-state index is 8.82. The van der Waals surface area contributed by atoms with Crippen molar-refractivity contribution in [2.45, 2.75) is 0 Å². The molecule has 0 amide bonds. The van der Waals surface area contributed by atoms with E-state index in [1.165, 1.54) is 0 Å². The monoisotopic (exact) mass is 366 g/mol. The topological polar surface area (TPSA) is 27.0 Å². The Morgan fingerprint density at radius 1 is 0.586 bits per heavy atom. The Bertz CT molecular complexity index is 1300. The van der Waals surface area contributed by atoms with Gasteiger partial charge in [0.15, 0.2) is 0 Å². The van der Waals surface area contributed by atoms with Gasteiger partial charge in [-0.3, -0.25) is 0 Å². The Hall–Kier alpha value is -4.91. The number of anilines is 1. The van der Waals surface area contributed by atoms with Crippen LogP contribution in [0.5, 0.6) is 0 Å². The molecule has 2 aromatic rings. The van der Waals surface area contributed by atoms with E-state index < -0.39 is 0 Å². The van der Waals surface area contributed by atoms with Gasteiger partial charge in [-0.15, -0.1) is 0 Å². The van der Waals surface area contributed by atoms with Crippen LogP contribution in [0.25, 0.3) is 0 Å². The molecule has 0 fully saturated rings. The number of hydrogen-bond donors (Lipinski definition) is 0. The van der Waals surface area contributed by atoms with Gasteiger partial charge in [0.05, 0.1) is 11.6 Å². The first-order chi connectivity index (χ1) is 14.2. The first-order valence-electron chi connectivity index (χ1n) is 8.48. The van der Waals surface area contributed by atoms with Gasteiger partial charge in [0, 0.05) is 30.9 Å². The zero-order chi connectivity index (χ0) is 20.7. The molecule has 0 radical (unpaired) electrons. The molecule has 0 saturated carbocycles. The average molecular weight is 366 g/mol. The van der Waals surface area contributed by atoms with Crippen LogP contribution in [0.4, 0.5) is 5.69 Å². The van der Waals surface area contributed by atoms with E-state index in [0.717, 1.165) is 16.8 Å². The molecular weight excluding hydrogens is 352 g/mol. The minimum Gasteiger partial charge on any atom is -0.378 e. The Balaban J connectivity index is 1.86. The fourth-order valence-corrected chi connectivity index (χ4v) is 1.97. The summed E-state index contributed by atoms with van der Waals surface area (Å²) < 4.78 is 0. The molecule has 0 aliphatic carbocycles. The van der Waals surface area contributed by atoms with E-state index in [4.69, 9.17) is 5.26 Å². The SMILES string of the molecule is CN(C)c1ccc(C#CC#CC#CC#CC#CC#Cc2cccc(C#N)c2)cc1. The first-order valence-corrected chi connectivity index (χ1v) is 8.48. The maximum absolute atomic E-state index is 8.82. The predicted molar refractivity (Wildman–Crippen MR) is 117 cm³/mol. The lowest BCUT2D eigenvalue weighted by atomic mass is 10.1. The van der Waals surface area contributed by atoms with Crippen molar-refractivity contribution in [1.29, 1.82) is 5.26 Å². The molecule has 0 bridgehead atoms. The van der Waals surface area contributed by atoms with Gasteiger partial charge >= 0.3 is 0 Å². The third-order valence-electron chi connectivity index (χ3n) is 3.35. The fraction of sp³-hybridized carbons (Fsp3) is 0.0741. The van der Waals surface area contributed by atoms with Gasteiger partial charge in [0.2, 0.25) is 0 Å². The van der Waals surface area contributed by atoms with E-state index >= 15 is 0 Å². The Kier molecular flexibility index (Phi) is 8.20. The zero-order valence-electron chi connectivity index (χ0n) is 16.0. The summed E-state index contributed by atoms with van der Waals surface area (Å²) in [5.74, 6) is 32.1. The van der Waals surface area contributed by atoms with Crippen molar-refractivity contribution in [3.8, 4) is 77.1 Å². The normalized spacial score (nSPS) is 7.34. The minimum atomic E-state index is 0.563. The smallest absolute Gasteiger partial charge is 0.0992 e. The molecule has 2 nitrogen and oxygen atoms in total. The van der Waals surface area contributed by atoms with Crippen molar-refractivity contribution >= 4 is 5.69 Å². The highest BCUT2D eigenvalue weighted by atomic mass is 15.1. The third kappa shape index (κ3) is 7.89. The zero-order valence-corrected chi connectivity index (χ0v) is 16.0. The van der Waals surface area contributed by atoms with Crippen molar-refractivity contribution < 1.29 is 0 Å². The van der Waals surface area contributed by atoms with Crippen LogP contribution in [0.15, 0.2) is 48.5 Å². The number of hydrogen-bond acceptors (Lipinski definition) is 2. The van der Waals surface area contributed by atoms with Crippen LogP contribution in [0.3, 0.4) is 0 Å². The van der Waals surface area contributed by atoms with Crippen LogP contribution in [0.2, 0.25) is 0 Å². The Labute approximate surface area is 172 Å². The molecule has 0 aliphatic rings. The second kappa shape index (κ2) is 11.7. The quantitative estimate of drug-likeness (QED) is 0.726. The van der Waals surface area contributed by atoms with Crippen molar-refractivity contribution in [1.82, 2.24) is 0 Å². The number of nitriles is 1. The summed E-state index contributed by atoms with van der Waals surface area (Å²) in [5, 5.41) is 8.82. The second-order valence-electron chi connectivity index (χ2n) is 5.63. The highest BCUT2D eigenvalue weighted by Crippen LogP contribution is 2.11. The van der Waals surface area contributed by atoms with Crippen LogP contribution in [0.1, 0.15) is 16.7 Å². The molecule has 0 saturated heterocycles. The lowest BCUT2D eigenvalue weighted by Crippen LogP contribution is -2.07. The predicted octanol–water partition coefficient (Wildman–Crippen LogP) is 3.04. The van der Waals surface area contributed by atoms with E-state index in [0.29, 0.717) is 5.56 Å². The van der Waals surface area contributed by atoms with Crippen molar-refractivity contribution in [2.75, 3.05) is 19.0 Å². The van der Waals surface area contributed by atoms with Gasteiger partial charge in [0.1, 0.15) is 0 Å². The van der Waals surface area contributed by atoms with Crippen LogP contribution in [0, 0.1) is 82.4 Å². The molecule has 0 aromatic heterocycles. The van der Waals surface area contributed by atoms with Gasteiger partial charge in [-0.1, -0.05) is 17.9 Å². The second-order valence-corrected chi connectivity index (χ2v) is 5.63. The number of benzene rings is 2. The molecule has 2 rings (SSSR count).